The van der Waals surface area contributed by atoms with Crippen LogP contribution in [-0.4, -0.2) is 63.4 Å². The maximum atomic E-state index is 14.4. The third kappa shape index (κ3) is 6.11. The van der Waals surface area contributed by atoms with E-state index in [0.29, 0.717) is 27.9 Å². The predicted octanol–water partition coefficient (Wildman–Crippen LogP) is 4.46. The van der Waals surface area contributed by atoms with E-state index in [1.807, 2.05) is 0 Å². The van der Waals surface area contributed by atoms with Gasteiger partial charge >= 0.3 is 6.18 Å². The molecule has 10 heteroatoms. The van der Waals surface area contributed by atoms with Crippen LogP contribution < -0.4 is 5.32 Å². The largest absolute Gasteiger partial charge is 0.416 e. The zero-order valence-electron chi connectivity index (χ0n) is 29.5. The number of imidazole rings is 1. The Morgan fingerprint density at radius 3 is 2.77 bits per heavy atom. The smallest absolute Gasteiger partial charge is 0.322 e. The summed E-state index contributed by atoms with van der Waals surface area (Å²) < 4.78 is 117. The van der Waals surface area contributed by atoms with Crippen molar-refractivity contribution in [3.63, 3.8) is 0 Å². The van der Waals surface area contributed by atoms with Gasteiger partial charge in [0.15, 0.2) is 5.65 Å². The first-order valence-electron chi connectivity index (χ1n) is 16.1. The lowest BCUT2D eigenvalue weighted by Crippen LogP contribution is -2.44. The third-order valence-corrected chi connectivity index (χ3v) is 5.80. The molecule has 2 aromatic carbocycles. The lowest BCUT2D eigenvalue weighted by atomic mass is 10.0. The number of piperazine rings is 1. The van der Waals surface area contributed by atoms with Crippen LogP contribution in [0.25, 0.3) is 5.65 Å². The predicted molar refractivity (Wildman–Crippen MR) is 142 cm³/mol. The first kappa shape index (κ1) is 17.4. The minimum atomic E-state index is -5.15. The summed E-state index contributed by atoms with van der Waals surface area (Å²) in [6.07, 6.45) is -2.04. The van der Waals surface area contributed by atoms with E-state index in [1.54, 1.807) is 31.3 Å². The third-order valence-electron chi connectivity index (χ3n) is 5.80. The number of carbonyl (C=O) groups excluding carboxylic acids is 1. The number of rotatable bonds is 4. The number of aromatic nitrogens is 3. The number of alkyl halides is 3. The normalized spacial score (nSPS) is 21.4. The number of hydrogen-bond donors (Lipinski definition) is 1. The minimum absolute atomic E-state index is 0.0258. The van der Waals surface area contributed by atoms with Crippen LogP contribution in [0.15, 0.2) is 60.9 Å². The van der Waals surface area contributed by atoms with Gasteiger partial charge in [0, 0.05) is 67.9 Å². The van der Waals surface area contributed by atoms with E-state index in [-0.39, 0.29) is 16.2 Å². The van der Waals surface area contributed by atoms with Gasteiger partial charge in [0.1, 0.15) is 5.69 Å². The zero-order chi connectivity index (χ0) is 35.4. The molecule has 4 aromatic rings. The fraction of sp³-hybridized carbons (Fsp3) is 0.276. The number of anilines is 1. The van der Waals surface area contributed by atoms with E-state index in [2.05, 4.69) is 27.2 Å². The van der Waals surface area contributed by atoms with Crippen molar-refractivity contribution in [2.45, 2.75) is 19.6 Å². The first-order chi connectivity index (χ1) is 22.1. The number of halogens is 3. The van der Waals surface area contributed by atoms with Crippen LogP contribution >= 0.6 is 0 Å². The number of nitrogens with zero attached hydrogens (tertiary/aromatic N) is 5. The number of likely N-dealkylation sites (N-methyl/N-ethyl adjacent to an activating group) is 1. The van der Waals surface area contributed by atoms with E-state index in [9.17, 15) is 18.0 Å². The summed E-state index contributed by atoms with van der Waals surface area (Å²) in [5.74, 6) is 5.13. The minimum Gasteiger partial charge on any atom is -0.322 e. The first-order valence-corrected chi connectivity index (χ1v) is 11.6. The molecule has 2 aromatic heterocycles. The fourth-order valence-electron chi connectivity index (χ4n) is 3.77. The lowest BCUT2D eigenvalue weighted by Gasteiger charge is -2.33. The molecule has 0 bridgehead atoms. The van der Waals surface area contributed by atoms with Gasteiger partial charge in [-0.25, -0.2) is 9.50 Å². The number of carbonyl (C=O) groups is 1. The monoisotopic (exact) mass is 541 g/mol. The maximum absolute atomic E-state index is 14.4. The van der Waals surface area contributed by atoms with Gasteiger partial charge in [0.05, 0.1) is 11.8 Å². The molecule has 0 atom stereocenters. The molecule has 1 aliphatic rings. The Hall–Kier alpha value is -4.20. The van der Waals surface area contributed by atoms with Gasteiger partial charge in [-0.3, -0.25) is 9.69 Å². The van der Waals surface area contributed by atoms with Crippen LogP contribution in [0.4, 0.5) is 18.9 Å². The molecule has 0 unspecified atom stereocenters. The van der Waals surface area contributed by atoms with Crippen LogP contribution in [0.3, 0.4) is 0 Å². The van der Waals surface area contributed by atoms with Crippen molar-refractivity contribution in [1.82, 2.24) is 24.4 Å². The Morgan fingerprint density at radius 2 is 2.00 bits per heavy atom. The highest BCUT2D eigenvalue weighted by atomic mass is 19.4. The maximum Gasteiger partial charge on any atom is 0.416 e. The highest BCUT2D eigenvalue weighted by Gasteiger charge is 2.34. The summed E-state index contributed by atoms with van der Waals surface area (Å²) in [5.41, 5.74) is -0.460. The highest BCUT2D eigenvalue weighted by Crippen LogP contribution is 2.34. The van der Waals surface area contributed by atoms with E-state index in [1.165, 1.54) is 22.8 Å². The standard InChI is InChI=1S/C29H27F3N6O/c1-20-5-6-22(16-21(20)8-10-25-18-33-27-4-3-11-34-38(25)27)28(39)35-24-9-7-23(26(17-24)29(30,31)32)19-37-14-12-36(2)13-15-37/h3-7,9,11,16-18H,12-15,19H2,1-2H3,(H,35,39)/i2D3,12D2,13D2,19D2. The van der Waals surface area contributed by atoms with Gasteiger partial charge in [0.25, 0.3) is 5.91 Å². The van der Waals surface area contributed by atoms with Gasteiger partial charge < -0.3 is 10.2 Å². The van der Waals surface area contributed by atoms with Gasteiger partial charge in [0.2, 0.25) is 0 Å². The Kier molecular flexibility index (Phi) is 4.86. The van der Waals surface area contributed by atoms with Crippen LogP contribution in [0, 0.1) is 18.8 Å². The van der Waals surface area contributed by atoms with Crippen LogP contribution in [0.5, 0.6) is 0 Å². The molecule has 1 saturated heterocycles. The Balaban J connectivity index is 1.42. The molecule has 5 rings (SSSR count). The van der Waals surface area contributed by atoms with Crippen molar-refractivity contribution in [1.29, 1.82) is 0 Å². The van der Waals surface area contributed by atoms with Crippen molar-refractivity contribution >= 4 is 17.2 Å². The SMILES string of the molecule is [2H]C([2H])([2H])N1C([2H])([2H])CN(C([2H])([2H])c2ccc(NC(=O)c3ccc(C)c(C#Cc4cnc5cccnn45)c3)cc2C(F)(F)F)CC1([2H])[2H]. The Labute approximate surface area is 236 Å². The second-order valence-electron chi connectivity index (χ2n) is 8.55. The van der Waals surface area contributed by atoms with Crippen molar-refractivity contribution in [3.8, 4) is 11.8 Å². The number of amides is 1. The Morgan fingerprint density at radius 1 is 1.18 bits per heavy atom. The summed E-state index contributed by atoms with van der Waals surface area (Å²) in [4.78, 5) is 17.8. The molecular formula is C29H27F3N6O. The molecule has 7 nitrogen and oxygen atoms in total. The molecule has 1 fully saturated rings. The van der Waals surface area contributed by atoms with E-state index in [4.69, 9.17) is 12.3 Å². The van der Waals surface area contributed by atoms with Crippen LogP contribution in [0.1, 0.15) is 50.6 Å². The molecule has 200 valence electrons. The summed E-state index contributed by atoms with van der Waals surface area (Å²) >= 11 is 0. The molecule has 0 spiro atoms. The van der Waals surface area contributed by atoms with Gasteiger partial charge in [-0.2, -0.15) is 18.3 Å². The van der Waals surface area contributed by atoms with Gasteiger partial charge in [-0.05, 0) is 67.3 Å². The zero-order valence-corrected chi connectivity index (χ0v) is 20.5. The lowest BCUT2D eigenvalue weighted by molar-refractivity contribution is -0.138. The summed E-state index contributed by atoms with van der Waals surface area (Å²) in [6.45, 7) is -12.7. The summed E-state index contributed by atoms with van der Waals surface area (Å²) in [5, 5.41) is 6.57. The molecule has 39 heavy (non-hydrogen) atoms. The average molecular weight is 542 g/mol. The van der Waals surface area contributed by atoms with Crippen molar-refractivity contribution < 1.29 is 30.3 Å². The van der Waals surface area contributed by atoms with Crippen molar-refractivity contribution in [2.24, 2.45) is 0 Å². The molecular weight excluding hydrogens is 505 g/mol. The number of aryl methyl sites for hydroxylation is 1. The number of fused-ring (bicyclic) bond motifs is 1. The molecule has 3 heterocycles. The Bertz CT molecular complexity index is 1930. The van der Waals surface area contributed by atoms with E-state index in [0.717, 1.165) is 17.7 Å². The molecule has 1 N–H and O–H groups in total. The van der Waals surface area contributed by atoms with E-state index < -0.39 is 62.8 Å². The highest BCUT2D eigenvalue weighted by molar-refractivity contribution is 6.04. The fourth-order valence-corrected chi connectivity index (χ4v) is 3.77. The number of benzene rings is 2. The average Bonchev–Trinajstić information content (AvgIpc) is 3.37. The number of nitrogens with one attached hydrogen (secondary N) is 1. The molecule has 1 amide bonds. The van der Waals surface area contributed by atoms with Crippen LogP contribution in [-0.2, 0) is 12.7 Å². The van der Waals surface area contributed by atoms with Gasteiger partial charge in [-0.1, -0.05) is 18.1 Å². The quantitative estimate of drug-likeness (QED) is 0.387. The van der Waals surface area contributed by atoms with Gasteiger partial charge in [-0.15, -0.1) is 0 Å². The molecule has 0 aliphatic carbocycles. The number of hydrogen-bond acceptors (Lipinski definition) is 5. The summed E-state index contributed by atoms with van der Waals surface area (Å²) in [7, 11) is 0. The summed E-state index contributed by atoms with van der Waals surface area (Å²) in [6, 6.07) is 10.4. The topological polar surface area (TPSA) is 65.8 Å². The van der Waals surface area contributed by atoms with Crippen molar-refractivity contribution in [2.75, 3.05) is 38.4 Å². The second kappa shape index (κ2) is 10.9. The van der Waals surface area contributed by atoms with E-state index >= 15 is 0 Å². The molecule has 1 aliphatic heterocycles. The molecule has 0 saturated carbocycles. The van der Waals surface area contributed by atoms with Crippen molar-refractivity contribution in [3.05, 3.63) is 94.4 Å². The van der Waals surface area contributed by atoms with Crippen LogP contribution in [0.2, 0.25) is 0 Å². The second-order valence-corrected chi connectivity index (χ2v) is 8.55. The molecule has 0 radical (unpaired) electrons.